The molecule has 3 unspecified atom stereocenters. The second-order valence-corrected chi connectivity index (χ2v) is 11.2. The average Bonchev–Trinajstić information content (AvgIpc) is 3.60. The van der Waals surface area contributed by atoms with Crippen molar-refractivity contribution >= 4 is 24.9 Å². The van der Waals surface area contributed by atoms with Crippen LogP contribution in [0.2, 0.25) is 0 Å². The second kappa shape index (κ2) is 36.4. The Labute approximate surface area is 325 Å². The number of hydrogen-bond donors (Lipinski definition) is 1. The van der Waals surface area contributed by atoms with Gasteiger partial charge in [0, 0.05) is 38.2 Å². The molecule has 0 amide bonds. The van der Waals surface area contributed by atoms with Gasteiger partial charge in [0.05, 0.1) is 84.1 Å². The van der Waals surface area contributed by atoms with Crippen molar-refractivity contribution in [1.29, 1.82) is 0 Å². The molecule has 0 bridgehead atoms. The summed E-state index contributed by atoms with van der Waals surface area (Å²) in [4.78, 5) is 29.7. The third-order valence-electron chi connectivity index (χ3n) is 7.24. The van der Waals surface area contributed by atoms with Crippen molar-refractivity contribution in [2.75, 3.05) is 86.9 Å². The lowest BCUT2D eigenvalue weighted by molar-refractivity contribution is -0.134. The van der Waals surface area contributed by atoms with E-state index in [0.29, 0.717) is 90.2 Å². The fourth-order valence-electron chi connectivity index (χ4n) is 3.97. The number of rotatable bonds is 29. The van der Waals surface area contributed by atoms with Gasteiger partial charge in [0.25, 0.3) is 12.9 Å². The van der Waals surface area contributed by atoms with Crippen molar-refractivity contribution in [2.45, 2.75) is 52.9 Å². The van der Waals surface area contributed by atoms with Crippen LogP contribution in [0.15, 0.2) is 82.5 Å². The van der Waals surface area contributed by atoms with Crippen LogP contribution in [0.25, 0.3) is 0 Å². The van der Waals surface area contributed by atoms with Crippen LogP contribution in [0.4, 0.5) is 4.39 Å². The van der Waals surface area contributed by atoms with E-state index in [9.17, 15) is 14.0 Å². The SMILES string of the molecule is C/C=C(\C)NCC(Cn1ccnn1)OC=O.C=C(/C(=C\C)CF)C1C=CN=C(/C=N/OC(CC)COC)C=C1.COCCOCCOCCOCCOC=O. The van der Waals surface area contributed by atoms with Crippen molar-refractivity contribution in [3.05, 3.63) is 72.4 Å². The Morgan fingerprint density at radius 3 is 2.22 bits per heavy atom. The summed E-state index contributed by atoms with van der Waals surface area (Å²) in [6.07, 6.45) is 16.3. The Bertz CT molecular complexity index is 1300. The van der Waals surface area contributed by atoms with Gasteiger partial charge in [-0.2, -0.15) is 0 Å². The first-order valence-electron chi connectivity index (χ1n) is 17.9. The van der Waals surface area contributed by atoms with Crippen molar-refractivity contribution in [3.8, 4) is 0 Å². The zero-order valence-electron chi connectivity index (χ0n) is 33.2. The molecule has 1 N–H and O–H groups in total. The molecule has 17 heteroatoms. The third kappa shape index (κ3) is 27.7. The maximum absolute atomic E-state index is 12.9. The fourth-order valence-corrected chi connectivity index (χ4v) is 3.97. The number of carbonyl (C=O) groups excluding carboxylic acids is 2. The summed E-state index contributed by atoms with van der Waals surface area (Å²) in [5, 5.41) is 14.6. The van der Waals surface area contributed by atoms with Crippen LogP contribution in [0.5, 0.6) is 0 Å². The molecule has 1 aliphatic heterocycles. The Morgan fingerprint density at radius 2 is 1.67 bits per heavy atom. The number of alkyl halides is 1. The predicted octanol–water partition coefficient (Wildman–Crippen LogP) is 4.22. The largest absolute Gasteiger partial charge is 0.465 e. The molecule has 55 heavy (non-hydrogen) atoms. The minimum absolute atomic E-state index is 0.0727. The molecule has 0 spiro atoms. The van der Waals surface area contributed by atoms with Gasteiger partial charge in [-0.15, -0.1) is 5.10 Å². The molecule has 0 fully saturated rings. The summed E-state index contributed by atoms with van der Waals surface area (Å²) in [5.41, 5.74) is 3.04. The van der Waals surface area contributed by atoms with E-state index in [1.165, 1.54) is 0 Å². The van der Waals surface area contributed by atoms with Crippen molar-refractivity contribution < 1.29 is 52.0 Å². The van der Waals surface area contributed by atoms with Crippen LogP contribution in [0, 0.1) is 5.92 Å². The normalized spacial score (nSPS) is 15.0. The highest BCUT2D eigenvalue weighted by molar-refractivity contribution is 6.35. The first kappa shape index (κ1) is 50.5. The Morgan fingerprint density at radius 1 is 0.982 bits per heavy atom. The van der Waals surface area contributed by atoms with Gasteiger partial charge in [-0.3, -0.25) is 14.6 Å². The zero-order chi connectivity index (χ0) is 40.8. The Balaban J connectivity index is 0.000000817. The van der Waals surface area contributed by atoms with Gasteiger partial charge in [-0.05, 0) is 44.4 Å². The lowest BCUT2D eigenvalue weighted by atomic mass is 9.93. The van der Waals surface area contributed by atoms with Crippen LogP contribution in [0.1, 0.15) is 34.1 Å². The number of aromatic nitrogens is 3. The van der Waals surface area contributed by atoms with E-state index in [1.807, 2.05) is 45.1 Å². The molecule has 0 radical (unpaired) electrons. The van der Waals surface area contributed by atoms with E-state index in [2.05, 4.69) is 37.1 Å². The molecule has 1 aromatic rings. The van der Waals surface area contributed by atoms with Crippen LogP contribution in [-0.2, 0) is 54.1 Å². The number of halogens is 1. The lowest BCUT2D eigenvalue weighted by Gasteiger charge is -2.16. The summed E-state index contributed by atoms with van der Waals surface area (Å²) >= 11 is 0. The van der Waals surface area contributed by atoms with Crippen molar-refractivity contribution in [2.24, 2.45) is 16.1 Å². The van der Waals surface area contributed by atoms with E-state index in [1.54, 1.807) is 56.7 Å². The smallest absolute Gasteiger partial charge is 0.293 e. The number of methoxy groups -OCH3 is 2. The van der Waals surface area contributed by atoms with E-state index < -0.39 is 6.67 Å². The highest BCUT2D eigenvalue weighted by atomic mass is 19.1. The Hall–Kier alpha value is -4.55. The summed E-state index contributed by atoms with van der Waals surface area (Å²) in [5.74, 6) is -0.0793. The van der Waals surface area contributed by atoms with Gasteiger partial charge in [0.15, 0.2) is 0 Å². The van der Waals surface area contributed by atoms with E-state index in [-0.39, 0.29) is 24.7 Å². The van der Waals surface area contributed by atoms with Gasteiger partial charge in [-0.25, -0.2) is 9.07 Å². The molecule has 1 aliphatic rings. The maximum Gasteiger partial charge on any atom is 0.293 e. The van der Waals surface area contributed by atoms with Gasteiger partial charge >= 0.3 is 0 Å². The fraction of sp³-hybridized carbons (Fsp3) is 0.579. The van der Waals surface area contributed by atoms with E-state index >= 15 is 0 Å². The van der Waals surface area contributed by atoms with Gasteiger partial charge in [0.2, 0.25) is 0 Å². The quantitative estimate of drug-likeness (QED) is 0.0403. The number of nitrogens with zero attached hydrogens (tertiary/aromatic N) is 5. The number of ether oxygens (including phenoxy) is 7. The number of allylic oxidation sites excluding steroid dienone is 8. The number of aliphatic imine (C=N–C) groups is 1. The summed E-state index contributed by atoms with van der Waals surface area (Å²) < 4.78 is 49.3. The van der Waals surface area contributed by atoms with Crippen LogP contribution >= 0.6 is 0 Å². The predicted molar refractivity (Wildman–Crippen MR) is 208 cm³/mol. The molecule has 2 heterocycles. The number of nitrogens with one attached hydrogen (secondary N) is 1. The standard InChI is InChI=1S/C18H25FN2O2.C10H16N4O2.C10H20O6/c1-5-15(11-19)14(3)16-7-8-17(20-10-9-16)12-21-23-18(6-2)13-22-4;1-3-9(2)11-6-10(16-8-15)7-14-5-4-12-13-14;1-12-2-3-13-4-5-14-6-7-15-8-9-16-10-11/h5,7-10,12,16,18H,3,6,11,13H2,1-2,4H3;3-5,8,10-11H,6-7H2,1-2H3;10H,2-9H2,1H3/b15-5-,21-12+;9-3+;. The first-order chi connectivity index (χ1) is 26.8. The summed E-state index contributed by atoms with van der Waals surface area (Å²) in [6, 6.07) is 0. The first-order valence-corrected chi connectivity index (χ1v) is 17.9. The molecule has 2 rings (SSSR count). The number of oxime groups is 1. The summed E-state index contributed by atoms with van der Waals surface area (Å²) in [7, 11) is 3.26. The monoisotopic (exact) mass is 780 g/mol. The number of hydrogen-bond acceptors (Lipinski definition) is 15. The highest BCUT2D eigenvalue weighted by Crippen LogP contribution is 2.22. The van der Waals surface area contributed by atoms with Gasteiger partial charge in [0.1, 0.15) is 25.5 Å². The van der Waals surface area contributed by atoms with Crippen LogP contribution < -0.4 is 5.32 Å². The average molecular weight is 781 g/mol. The van der Waals surface area contributed by atoms with E-state index in [4.69, 9.17) is 33.3 Å². The molecular weight excluding hydrogens is 719 g/mol. The lowest BCUT2D eigenvalue weighted by Crippen LogP contribution is -2.32. The number of carbonyl (C=O) groups is 2. The third-order valence-corrected chi connectivity index (χ3v) is 7.24. The molecule has 0 saturated heterocycles. The molecule has 0 saturated carbocycles. The molecular formula is C38H61FN6O10. The van der Waals surface area contributed by atoms with E-state index in [0.717, 1.165) is 17.7 Å². The minimum atomic E-state index is -0.519. The molecule has 1 aromatic heterocycles. The maximum atomic E-state index is 12.9. The van der Waals surface area contributed by atoms with Crippen LogP contribution in [-0.4, -0.2) is 139 Å². The molecule has 0 aromatic carbocycles. The minimum Gasteiger partial charge on any atom is -0.465 e. The van der Waals surface area contributed by atoms with Crippen LogP contribution in [0.3, 0.4) is 0 Å². The molecule has 0 aliphatic carbocycles. The molecule has 16 nitrogen and oxygen atoms in total. The molecule has 3 atom stereocenters. The second-order valence-electron chi connectivity index (χ2n) is 11.2. The molecule has 310 valence electrons. The topological polar surface area (TPSA) is 175 Å². The summed E-state index contributed by atoms with van der Waals surface area (Å²) in [6.45, 7) is 17.5. The highest BCUT2D eigenvalue weighted by Gasteiger charge is 2.12. The van der Waals surface area contributed by atoms with Crippen molar-refractivity contribution in [1.82, 2.24) is 20.3 Å². The van der Waals surface area contributed by atoms with Crippen molar-refractivity contribution in [3.63, 3.8) is 0 Å². The Kier molecular flexibility index (Phi) is 33.4. The van der Waals surface area contributed by atoms with Gasteiger partial charge in [-0.1, -0.05) is 48.2 Å². The zero-order valence-corrected chi connectivity index (χ0v) is 33.2. The van der Waals surface area contributed by atoms with Gasteiger partial charge < -0.3 is 43.3 Å².